The SMILES string of the molecule is CCCCCCc1scc2ccc(F)cc12. The summed E-state index contributed by atoms with van der Waals surface area (Å²) >= 11 is 1.76. The first-order valence-electron chi connectivity index (χ1n) is 5.97. The van der Waals surface area contributed by atoms with E-state index >= 15 is 0 Å². The maximum Gasteiger partial charge on any atom is 0.123 e. The summed E-state index contributed by atoms with van der Waals surface area (Å²) in [5.41, 5.74) is 0. The monoisotopic (exact) mass is 236 g/mol. The molecule has 0 bridgehead atoms. The number of halogens is 1. The van der Waals surface area contributed by atoms with E-state index in [9.17, 15) is 4.39 Å². The number of unbranched alkanes of at least 4 members (excludes halogenated alkanes) is 3. The lowest BCUT2D eigenvalue weighted by Crippen LogP contribution is -1.83. The average Bonchev–Trinajstić information content (AvgIpc) is 2.67. The van der Waals surface area contributed by atoms with Crippen molar-refractivity contribution in [3.8, 4) is 0 Å². The minimum atomic E-state index is -0.124. The van der Waals surface area contributed by atoms with Crippen molar-refractivity contribution in [2.75, 3.05) is 0 Å². The second-order valence-corrected chi connectivity index (χ2v) is 5.17. The zero-order valence-corrected chi connectivity index (χ0v) is 10.4. The average molecular weight is 236 g/mol. The van der Waals surface area contributed by atoms with Crippen LogP contribution in [0.1, 0.15) is 37.5 Å². The number of fused-ring (bicyclic) bond motifs is 1. The smallest absolute Gasteiger partial charge is 0.123 e. The molecule has 1 aromatic carbocycles. The molecular formula is C14H17FS. The summed E-state index contributed by atoms with van der Waals surface area (Å²) in [6, 6.07) is 5.08. The molecule has 0 aliphatic heterocycles. The molecule has 1 heterocycles. The third-order valence-electron chi connectivity index (χ3n) is 2.90. The fourth-order valence-electron chi connectivity index (χ4n) is 1.98. The Labute approximate surface area is 100 Å². The van der Waals surface area contributed by atoms with Crippen molar-refractivity contribution in [1.29, 1.82) is 0 Å². The summed E-state index contributed by atoms with van der Waals surface area (Å²) < 4.78 is 13.1. The zero-order chi connectivity index (χ0) is 11.4. The molecule has 0 atom stereocenters. The molecule has 2 rings (SSSR count). The Morgan fingerprint density at radius 2 is 2.06 bits per heavy atom. The topological polar surface area (TPSA) is 0 Å². The highest BCUT2D eigenvalue weighted by Gasteiger charge is 2.04. The Kier molecular flexibility index (Phi) is 3.94. The van der Waals surface area contributed by atoms with Crippen LogP contribution in [0.2, 0.25) is 0 Å². The molecule has 0 amide bonds. The highest BCUT2D eigenvalue weighted by Crippen LogP contribution is 2.28. The third kappa shape index (κ3) is 2.62. The minimum Gasteiger partial charge on any atom is -0.207 e. The molecule has 16 heavy (non-hydrogen) atoms. The van der Waals surface area contributed by atoms with Gasteiger partial charge in [0, 0.05) is 4.88 Å². The number of aryl methyl sites for hydroxylation is 1. The Morgan fingerprint density at radius 1 is 1.19 bits per heavy atom. The van der Waals surface area contributed by atoms with E-state index < -0.39 is 0 Å². The Morgan fingerprint density at radius 3 is 2.88 bits per heavy atom. The normalized spacial score (nSPS) is 11.1. The molecule has 0 radical (unpaired) electrons. The van der Waals surface area contributed by atoms with Gasteiger partial charge in [0.25, 0.3) is 0 Å². The van der Waals surface area contributed by atoms with Gasteiger partial charge in [0.2, 0.25) is 0 Å². The van der Waals surface area contributed by atoms with Crippen LogP contribution in [0.15, 0.2) is 23.6 Å². The highest BCUT2D eigenvalue weighted by molar-refractivity contribution is 7.11. The van der Waals surface area contributed by atoms with Crippen LogP contribution in [0.4, 0.5) is 4.39 Å². The summed E-state index contributed by atoms with van der Waals surface area (Å²) in [7, 11) is 0. The Bertz CT molecular complexity index is 459. The highest BCUT2D eigenvalue weighted by atomic mass is 32.1. The van der Waals surface area contributed by atoms with Crippen molar-refractivity contribution < 1.29 is 4.39 Å². The number of thiophene rings is 1. The van der Waals surface area contributed by atoms with E-state index in [4.69, 9.17) is 0 Å². The summed E-state index contributed by atoms with van der Waals surface area (Å²) in [6.07, 6.45) is 6.17. The van der Waals surface area contributed by atoms with E-state index in [2.05, 4.69) is 12.3 Å². The molecule has 2 aromatic rings. The van der Waals surface area contributed by atoms with Crippen molar-refractivity contribution >= 4 is 22.1 Å². The van der Waals surface area contributed by atoms with Gasteiger partial charge in [-0.25, -0.2) is 4.39 Å². The number of hydrogen-bond acceptors (Lipinski definition) is 1. The quantitative estimate of drug-likeness (QED) is 0.629. The molecule has 0 unspecified atom stereocenters. The fraction of sp³-hybridized carbons (Fsp3) is 0.429. The second-order valence-electron chi connectivity index (χ2n) is 4.20. The second kappa shape index (κ2) is 5.44. The third-order valence-corrected chi connectivity index (χ3v) is 3.98. The van der Waals surface area contributed by atoms with Gasteiger partial charge in [-0.1, -0.05) is 32.3 Å². The van der Waals surface area contributed by atoms with E-state index in [1.165, 1.54) is 42.0 Å². The van der Waals surface area contributed by atoms with Gasteiger partial charge in [-0.2, -0.15) is 0 Å². The maximum atomic E-state index is 13.1. The van der Waals surface area contributed by atoms with Crippen LogP contribution in [0.25, 0.3) is 10.8 Å². The Hall–Kier alpha value is -0.890. The summed E-state index contributed by atoms with van der Waals surface area (Å²) in [5, 5.41) is 4.42. The van der Waals surface area contributed by atoms with Gasteiger partial charge >= 0.3 is 0 Å². The van der Waals surface area contributed by atoms with Gasteiger partial charge in [0.05, 0.1) is 0 Å². The molecule has 0 aliphatic rings. The van der Waals surface area contributed by atoms with E-state index in [0.29, 0.717) is 0 Å². The molecule has 0 fully saturated rings. The molecule has 0 spiro atoms. The van der Waals surface area contributed by atoms with Crippen LogP contribution >= 0.6 is 11.3 Å². The maximum absolute atomic E-state index is 13.1. The first kappa shape index (κ1) is 11.6. The van der Waals surface area contributed by atoms with Gasteiger partial charge in [-0.05, 0) is 41.1 Å². The van der Waals surface area contributed by atoms with Gasteiger partial charge in [-0.3, -0.25) is 0 Å². The first-order chi connectivity index (χ1) is 7.81. The molecule has 86 valence electrons. The largest absolute Gasteiger partial charge is 0.207 e. The molecule has 1 aromatic heterocycles. The first-order valence-corrected chi connectivity index (χ1v) is 6.85. The van der Waals surface area contributed by atoms with Crippen molar-refractivity contribution in [2.24, 2.45) is 0 Å². The summed E-state index contributed by atoms with van der Waals surface area (Å²) in [5.74, 6) is -0.124. The molecule has 0 aliphatic carbocycles. The van der Waals surface area contributed by atoms with E-state index in [-0.39, 0.29) is 5.82 Å². The molecular weight excluding hydrogens is 219 g/mol. The van der Waals surface area contributed by atoms with Crippen LogP contribution in [-0.2, 0) is 6.42 Å². The van der Waals surface area contributed by atoms with Crippen LogP contribution in [0, 0.1) is 5.82 Å². The number of benzene rings is 1. The molecule has 0 N–H and O–H groups in total. The molecule has 2 heteroatoms. The van der Waals surface area contributed by atoms with E-state index in [0.717, 1.165) is 11.8 Å². The minimum absolute atomic E-state index is 0.124. The van der Waals surface area contributed by atoms with Crippen molar-refractivity contribution in [3.05, 3.63) is 34.3 Å². The summed E-state index contributed by atoms with van der Waals surface area (Å²) in [6.45, 7) is 2.22. The van der Waals surface area contributed by atoms with Crippen LogP contribution in [0.3, 0.4) is 0 Å². The lowest BCUT2D eigenvalue weighted by Gasteiger charge is -1.99. The molecule has 0 saturated carbocycles. The Balaban J connectivity index is 2.09. The van der Waals surface area contributed by atoms with Gasteiger partial charge in [0.15, 0.2) is 0 Å². The predicted octanol–water partition coefficient (Wildman–Crippen LogP) is 5.16. The van der Waals surface area contributed by atoms with Crippen molar-refractivity contribution in [1.82, 2.24) is 0 Å². The lowest BCUT2D eigenvalue weighted by atomic mass is 10.1. The van der Waals surface area contributed by atoms with Gasteiger partial charge in [-0.15, -0.1) is 11.3 Å². The molecule has 0 saturated heterocycles. The van der Waals surface area contributed by atoms with Gasteiger partial charge in [0.1, 0.15) is 5.82 Å². The lowest BCUT2D eigenvalue weighted by molar-refractivity contribution is 0.629. The fourth-order valence-corrected chi connectivity index (χ4v) is 3.02. The zero-order valence-electron chi connectivity index (χ0n) is 9.63. The van der Waals surface area contributed by atoms with Gasteiger partial charge < -0.3 is 0 Å². The van der Waals surface area contributed by atoms with Crippen molar-refractivity contribution in [3.63, 3.8) is 0 Å². The number of rotatable bonds is 5. The predicted molar refractivity (Wildman–Crippen MR) is 69.6 cm³/mol. The van der Waals surface area contributed by atoms with E-state index in [1.807, 2.05) is 6.07 Å². The van der Waals surface area contributed by atoms with Crippen LogP contribution in [0.5, 0.6) is 0 Å². The standard InChI is InChI=1S/C14H17FS/c1-2-3-4-5-6-14-13-9-12(15)8-7-11(13)10-16-14/h7-10H,2-6H2,1H3. The number of hydrogen-bond donors (Lipinski definition) is 0. The summed E-state index contributed by atoms with van der Waals surface area (Å²) in [4.78, 5) is 1.34. The van der Waals surface area contributed by atoms with Crippen LogP contribution < -0.4 is 0 Å². The van der Waals surface area contributed by atoms with Crippen molar-refractivity contribution in [2.45, 2.75) is 39.0 Å². The molecule has 0 nitrogen and oxygen atoms in total. The van der Waals surface area contributed by atoms with E-state index in [1.54, 1.807) is 17.4 Å². The van der Waals surface area contributed by atoms with Crippen LogP contribution in [-0.4, -0.2) is 0 Å².